The highest BCUT2D eigenvalue weighted by Gasteiger charge is 2.15. The fourth-order valence-electron chi connectivity index (χ4n) is 1.94. The van der Waals surface area contributed by atoms with Crippen LogP contribution in [0.5, 0.6) is 0 Å². The Hall–Kier alpha value is -1.39. The Kier molecular flexibility index (Phi) is 4.33. The molecule has 2 aromatic heterocycles. The van der Waals surface area contributed by atoms with Crippen molar-refractivity contribution in [3.63, 3.8) is 0 Å². The number of rotatable bonds is 5. The zero-order valence-corrected chi connectivity index (χ0v) is 11.4. The Labute approximate surface area is 112 Å². The average molecular weight is 265 g/mol. The van der Waals surface area contributed by atoms with E-state index in [-0.39, 0.29) is 6.04 Å². The summed E-state index contributed by atoms with van der Waals surface area (Å²) in [5.41, 5.74) is 2.12. The van der Waals surface area contributed by atoms with Crippen LogP contribution in [0.15, 0.2) is 30.7 Å². The van der Waals surface area contributed by atoms with Crippen LogP contribution in [0.3, 0.4) is 0 Å². The molecular weight excluding hydrogens is 248 g/mol. The molecule has 1 atom stereocenters. The summed E-state index contributed by atoms with van der Waals surface area (Å²) in [6.45, 7) is 2.98. The number of hydrogen-bond acceptors (Lipinski definition) is 3. The lowest BCUT2D eigenvalue weighted by molar-refractivity contribution is 0.528. The highest BCUT2D eigenvalue weighted by atomic mass is 35.5. The maximum absolute atomic E-state index is 6.15. The molecule has 5 heteroatoms. The van der Waals surface area contributed by atoms with Gasteiger partial charge in [-0.1, -0.05) is 18.5 Å². The van der Waals surface area contributed by atoms with Crippen LogP contribution >= 0.6 is 11.6 Å². The number of halogens is 1. The molecule has 0 saturated carbocycles. The average Bonchev–Trinajstić information content (AvgIpc) is 2.78. The summed E-state index contributed by atoms with van der Waals surface area (Å²) < 4.78 is 1.81. The number of likely N-dealkylation sites (N-methyl/N-ethyl adjacent to an activating group) is 1. The van der Waals surface area contributed by atoms with Crippen molar-refractivity contribution < 1.29 is 0 Å². The van der Waals surface area contributed by atoms with Crippen molar-refractivity contribution >= 4 is 11.6 Å². The minimum Gasteiger partial charge on any atom is -0.309 e. The fraction of sp³-hybridized carbons (Fsp3) is 0.385. The van der Waals surface area contributed by atoms with Crippen LogP contribution in [0.25, 0.3) is 0 Å². The molecule has 0 aliphatic rings. The molecule has 18 heavy (non-hydrogen) atoms. The first-order chi connectivity index (χ1) is 8.70. The number of hydrogen-bond donors (Lipinski definition) is 1. The standard InChI is InChI=1S/C13H17ClN4/c1-3-16-13(12-5-7-18(2)17-12)8-10-4-6-15-9-11(10)14/h4-7,9,13,16H,3,8H2,1-2H3. The lowest BCUT2D eigenvalue weighted by Crippen LogP contribution is -2.23. The molecule has 0 amide bonds. The zero-order chi connectivity index (χ0) is 13.0. The van der Waals surface area contributed by atoms with Gasteiger partial charge in [-0.25, -0.2) is 0 Å². The van der Waals surface area contributed by atoms with Crippen LogP contribution in [-0.2, 0) is 13.5 Å². The van der Waals surface area contributed by atoms with E-state index in [0.717, 1.165) is 24.2 Å². The molecule has 1 N–H and O–H groups in total. The van der Waals surface area contributed by atoms with Crippen molar-refractivity contribution in [3.05, 3.63) is 47.0 Å². The van der Waals surface area contributed by atoms with Gasteiger partial charge in [-0.05, 0) is 30.7 Å². The minimum atomic E-state index is 0.177. The van der Waals surface area contributed by atoms with E-state index in [1.54, 1.807) is 12.4 Å². The van der Waals surface area contributed by atoms with E-state index in [1.165, 1.54) is 0 Å². The molecule has 1 unspecified atom stereocenters. The molecule has 0 saturated heterocycles. The van der Waals surface area contributed by atoms with E-state index in [0.29, 0.717) is 5.02 Å². The van der Waals surface area contributed by atoms with Gasteiger partial charge in [-0.15, -0.1) is 0 Å². The van der Waals surface area contributed by atoms with Crippen molar-refractivity contribution in [1.29, 1.82) is 0 Å². The summed E-state index contributed by atoms with van der Waals surface area (Å²) in [5, 5.41) is 8.59. The van der Waals surface area contributed by atoms with Gasteiger partial charge in [-0.3, -0.25) is 9.67 Å². The lowest BCUT2D eigenvalue weighted by Gasteiger charge is -2.16. The second-order valence-corrected chi connectivity index (χ2v) is 4.60. The highest BCUT2D eigenvalue weighted by Crippen LogP contribution is 2.21. The van der Waals surface area contributed by atoms with Crippen molar-refractivity contribution in [2.75, 3.05) is 6.54 Å². The monoisotopic (exact) mass is 264 g/mol. The third-order valence-electron chi connectivity index (χ3n) is 2.82. The number of aromatic nitrogens is 3. The Morgan fingerprint density at radius 2 is 2.28 bits per heavy atom. The molecule has 2 heterocycles. The molecule has 2 aromatic rings. The van der Waals surface area contributed by atoms with Crippen LogP contribution in [0.4, 0.5) is 0 Å². The molecule has 0 radical (unpaired) electrons. The van der Waals surface area contributed by atoms with Crippen molar-refractivity contribution in [1.82, 2.24) is 20.1 Å². The SMILES string of the molecule is CCNC(Cc1ccncc1Cl)c1ccn(C)n1. The van der Waals surface area contributed by atoms with E-state index >= 15 is 0 Å². The minimum absolute atomic E-state index is 0.177. The van der Waals surface area contributed by atoms with Gasteiger partial charge in [0.2, 0.25) is 0 Å². The Bertz CT molecular complexity index is 509. The Balaban J connectivity index is 2.19. The van der Waals surface area contributed by atoms with E-state index in [9.17, 15) is 0 Å². The van der Waals surface area contributed by atoms with E-state index < -0.39 is 0 Å². The second-order valence-electron chi connectivity index (χ2n) is 4.20. The van der Waals surface area contributed by atoms with Gasteiger partial charge < -0.3 is 5.32 Å². The highest BCUT2D eigenvalue weighted by molar-refractivity contribution is 6.31. The summed E-state index contributed by atoms with van der Waals surface area (Å²) in [5.74, 6) is 0. The molecule has 0 fully saturated rings. The smallest absolute Gasteiger partial charge is 0.0797 e. The number of aryl methyl sites for hydroxylation is 1. The summed E-state index contributed by atoms with van der Waals surface area (Å²) in [6, 6.07) is 4.16. The molecule has 0 spiro atoms. The third-order valence-corrected chi connectivity index (χ3v) is 3.16. The largest absolute Gasteiger partial charge is 0.309 e. The van der Waals surface area contributed by atoms with Crippen LogP contribution in [0.2, 0.25) is 5.02 Å². The van der Waals surface area contributed by atoms with E-state index in [2.05, 4.69) is 22.3 Å². The van der Waals surface area contributed by atoms with Crippen LogP contribution in [0, 0.1) is 0 Å². The van der Waals surface area contributed by atoms with Crippen molar-refractivity contribution in [2.24, 2.45) is 7.05 Å². The predicted molar refractivity (Wildman–Crippen MR) is 72.6 cm³/mol. The molecule has 0 aromatic carbocycles. The maximum atomic E-state index is 6.15. The van der Waals surface area contributed by atoms with Gasteiger partial charge in [0.15, 0.2) is 0 Å². The lowest BCUT2D eigenvalue weighted by atomic mass is 10.0. The first kappa shape index (κ1) is 13.1. The Morgan fingerprint density at radius 1 is 1.44 bits per heavy atom. The maximum Gasteiger partial charge on any atom is 0.0797 e. The van der Waals surface area contributed by atoms with Gasteiger partial charge in [0.25, 0.3) is 0 Å². The predicted octanol–water partition coefficient (Wildman–Crippen LogP) is 2.36. The first-order valence-corrected chi connectivity index (χ1v) is 6.39. The zero-order valence-electron chi connectivity index (χ0n) is 10.6. The molecule has 2 rings (SSSR count). The summed E-state index contributed by atoms with van der Waals surface area (Å²) in [7, 11) is 1.92. The van der Waals surface area contributed by atoms with Crippen LogP contribution < -0.4 is 5.32 Å². The molecule has 0 bridgehead atoms. The van der Waals surface area contributed by atoms with E-state index in [1.807, 2.05) is 30.1 Å². The summed E-state index contributed by atoms with van der Waals surface area (Å²) >= 11 is 6.15. The topological polar surface area (TPSA) is 42.7 Å². The number of nitrogens with one attached hydrogen (secondary N) is 1. The van der Waals surface area contributed by atoms with Crippen molar-refractivity contribution in [2.45, 2.75) is 19.4 Å². The van der Waals surface area contributed by atoms with Crippen molar-refractivity contribution in [3.8, 4) is 0 Å². The normalized spacial score (nSPS) is 12.6. The van der Waals surface area contributed by atoms with E-state index in [4.69, 9.17) is 11.6 Å². The molecular formula is C13H17ClN4. The van der Waals surface area contributed by atoms with Gasteiger partial charge in [-0.2, -0.15) is 5.10 Å². The fourth-order valence-corrected chi connectivity index (χ4v) is 2.13. The summed E-state index contributed by atoms with van der Waals surface area (Å²) in [4.78, 5) is 4.00. The quantitative estimate of drug-likeness (QED) is 0.902. The molecule has 4 nitrogen and oxygen atoms in total. The number of pyridine rings is 1. The van der Waals surface area contributed by atoms with Crippen LogP contribution in [0.1, 0.15) is 24.2 Å². The Morgan fingerprint density at radius 3 is 2.89 bits per heavy atom. The summed E-state index contributed by atoms with van der Waals surface area (Å²) in [6.07, 6.45) is 6.21. The van der Waals surface area contributed by atoms with Gasteiger partial charge in [0, 0.05) is 25.6 Å². The van der Waals surface area contributed by atoms with Gasteiger partial charge >= 0.3 is 0 Å². The second kappa shape index (κ2) is 5.98. The molecule has 96 valence electrons. The number of nitrogens with zero attached hydrogens (tertiary/aromatic N) is 3. The molecule has 0 aliphatic heterocycles. The first-order valence-electron chi connectivity index (χ1n) is 6.02. The third kappa shape index (κ3) is 3.09. The molecule has 0 aliphatic carbocycles. The van der Waals surface area contributed by atoms with Gasteiger partial charge in [0.1, 0.15) is 0 Å². The van der Waals surface area contributed by atoms with Gasteiger partial charge in [0.05, 0.1) is 16.8 Å². The van der Waals surface area contributed by atoms with Crippen LogP contribution in [-0.4, -0.2) is 21.3 Å².